The van der Waals surface area contributed by atoms with E-state index in [4.69, 9.17) is 27.9 Å². The van der Waals surface area contributed by atoms with Crippen LogP contribution in [0.4, 0.5) is 4.39 Å². The Labute approximate surface area is 188 Å². The fraction of sp³-hybridized carbons (Fsp3) is 0.136. The summed E-state index contributed by atoms with van der Waals surface area (Å²) in [7, 11) is -3.59. The van der Waals surface area contributed by atoms with Gasteiger partial charge in [0.2, 0.25) is 0 Å². The Morgan fingerprint density at radius 3 is 2.55 bits per heavy atom. The summed E-state index contributed by atoms with van der Waals surface area (Å²) in [5.74, 6) is 0.244. The first-order valence-electron chi connectivity index (χ1n) is 9.34. The molecule has 0 unspecified atom stereocenters. The molecule has 0 aliphatic heterocycles. The van der Waals surface area contributed by atoms with Gasteiger partial charge in [-0.15, -0.1) is 0 Å². The third-order valence-corrected chi connectivity index (χ3v) is 7.12. The lowest BCUT2D eigenvalue weighted by Gasteiger charge is -2.13. The smallest absolute Gasteiger partial charge is 0.178 e. The van der Waals surface area contributed by atoms with Crippen LogP contribution < -0.4 is 4.74 Å². The molecule has 0 bridgehead atoms. The van der Waals surface area contributed by atoms with E-state index >= 15 is 0 Å². The second-order valence-corrected chi connectivity index (χ2v) is 9.94. The van der Waals surface area contributed by atoms with Gasteiger partial charge in [0.1, 0.15) is 28.7 Å². The molecule has 9 heteroatoms. The van der Waals surface area contributed by atoms with Crippen LogP contribution in [-0.4, -0.2) is 23.7 Å². The van der Waals surface area contributed by atoms with Gasteiger partial charge >= 0.3 is 0 Å². The van der Waals surface area contributed by atoms with Gasteiger partial charge in [0, 0.05) is 12.1 Å². The Bertz CT molecular complexity index is 1420. The molecule has 0 amide bonds. The topological polar surface area (TPSA) is 61.2 Å². The molecule has 160 valence electrons. The van der Waals surface area contributed by atoms with Crippen LogP contribution in [0.15, 0.2) is 59.5 Å². The second kappa shape index (κ2) is 8.15. The molecule has 0 aliphatic carbocycles. The van der Waals surface area contributed by atoms with Crippen LogP contribution >= 0.6 is 23.2 Å². The minimum atomic E-state index is -3.59. The van der Waals surface area contributed by atoms with Crippen molar-refractivity contribution < 1.29 is 17.5 Å². The highest BCUT2D eigenvalue weighted by atomic mass is 35.5. The maximum Gasteiger partial charge on any atom is 0.178 e. The fourth-order valence-corrected chi connectivity index (χ4v) is 4.63. The molecular formula is C22H17Cl2FN2O3S. The number of benzene rings is 3. The van der Waals surface area contributed by atoms with Crippen molar-refractivity contribution in [1.29, 1.82) is 0 Å². The molecule has 1 aromatic heterocycles. The minimum Gasteiger partial charge on any atom is -0.457 e. The molecular weight excluding hydrogens is 462 g/mol. The van der Waals surface area contributed by atoms with Gasteiger partial charge in [-0.1, -0.05) is 36.2 Å². The van der Waals surface area contributed by atoms with Crippen LogP contribution in [0.1, 0.15) is 12.7 Å². The van der Waals surface area contributed by atoms with Gasteiger partial charge in [-0.05, 0) is 43.3 Å². The number of fused-ring (bicyclic) bond motifs is 1. The SMILES string of the molecule is CCS(=O)(=O)c1cc(F)cc(Oc2ccc(Cl)c(-n3c(C)nc4c(Cl)cccc43)c2)c1. The number of imidazole rings is 1. The zero-order valence-corrected chi connectivity index (χ0v) is 18.9. The number of halogens is 3. The molecule has 31 heavy (non-hydrogen) atoms. The quantitative estimate of drug-likeness (QED) is 0.334. The number of para-hydroxylation sites is 1. The fourth-order valence-electron chi connectivity index (χ4n) is 3.29. The Morgan fingerprint density at radius 1 is 1.03 bits per heavy atom. The van der Waals surface area contributed by atoms with Crippen molar-refractivity contribution in [2.24, 2.45) is 0 Å². The molecule has 0 atom stereocenters. The molecule has 0 fully saturated rings. The number of sulfone groups is 1. The average Bonchev–Trinajstić information content (AvgIpc) is 3.06. The van der Waals surface area contributed by atoms with Gasteiger partial charge in [-0.25, -0.2) is 17.8 Å². The second-order valence-electron chi connectivity index (χ2n) is 6.84. The maximum atomic E-state index is 14.0. The van der Waals surface area contributed by atoms with Crippen LogP contribution in [0.3, 0.4) is 0 Å². The average molecular weight is 479 g/mol. The van der Waals surface area contributed by atoms with E-state index in [1.54, 1.807) is 24.3 Å². The van der Waals surface area contributed by atoms with Crippen LogP contribution in [-0.2, 0) is 9.84 Å². The zero-order chi connectivity index (χ0) is 22.3. The highest BCUT2D eigenvalue weighted by molar-refractivity contribution is 7.91. The van der Waals surface area contributed by atoms with Gasteiger partial charge in [-0.2, -0.15) is 0 Å². The molecule has 0 saturated carbocycles. The van der Waals surface area contributed by atoms with Crippen LogP contribution in [0.25, 0.3) is 16.7 Å². The Balaban J connectivity index is 1.79. The van der Waals surface area contributed by atoms with Gasteiger partial charge in [0.15, 0.2) is 9.84 Å². The molecule has 4 aromatic rings. The molecule has 0 aliphatic rings. The standard InChI is InChI=1S/C22H17Cl2FN2O3S/c1-3-31(28,29)17-10-14(25)9-16(11-17)30-15-7-8-18(23)21(12-15)27-13(2)26-22-19(24)5-4-6-20(22)27/h4-12H,3H2,1-2H3. The van der Waals surface area contributed by atoms with Crippen molar-refractivity contribution in [2.75, 3.05) is 5.75 Å². The lowest BCUT2D eigenvalue weighted by molar-refractivity contribution is 0.473. The van der Waals surface area contributed by atoms with Crippen LogP contribution in [0.2, 0.25) is 10.0 Å². The van der Waals surface area contributed by atoms with E-state index in [1.807, 2.05) is 23.6 Å². The Kier molecular flexibility index (Phi) is 5.68. The number of rotatable bonds is 5. The van der Waals surface area contributed by atoms with Gasteiger partial charge in [0.05, 0.1) is 31.9 Å². The minimum absolute atomic E-state index is 0.0653. The number of hydrogen-bond donors (Lipinski definition) is 0. The first-order chi connectivity index (χ1) is 14.7. The predicted molar refractivity (Wildman–Crippen MR) is 120 cm³/mol. The van der Waals surface area contributed by atoms with Crippen molar-refractivity contribution >= 4 is 44.1 Å². The van der Waals surface area contributed by atoms with Crippen LogP contribution in [0.5, 0.6) is 11.5 Å². The normalized spacial score (nSPS) is 11.8. The van der Waals surface area contributed by atoms with Crippen molar-refractivity contribution in [3.8, 4) is 17.2 Å². The summed E-state index contributed by atoms with van der Waals surface area (Å²) in [6.45, 7) is 3.32. The highest BCUT2D eigenvalue weighted by Crippen LogP contribution is 2.34. The first-order valence-corrected chi connectivity index (χ1v) is 11.7. The number of nitrogens with zero attached hydrogens (tertiary/aromatic N) is 2. The highest BCUT2D eigenvalue weighted by Gasteiger charge is 2.17. The summed E-state index contributed by atoms with van der Waals surface area (Å²) in [5.41, 5.74) is 2.01. The molecule has 3 aromatic carbocycles. The van der Waals surface area contributed by atoms with E-state index in [0.717, 1.165) is 17.6 Å². The molecule has 4 rings (SSSR count). The number of hydrogen-bond acceptors (Lipinski definition) is 4. The molecule has 0 radical (unpaired) electrons. The summed E-state index contributed by atoms with van der Waals surface area (Å²) in [6.07, 6.45) is 0. The van der Waals surface area contributed by atoms with Crippen LogP contribution in [0, 0.1) is 12.7 Å². The van der Waals surface area contributed by atoms with Crippen molar-refractivity contribution in [1.82, 2.24) is 9.55 Å². The summed E-state index contributed by atoms with van der Waals surface area (Å²) in [6, 6.07) is 13.8. The van der Waals surface area contributed by atoms with E-state index in [1.165, 1.54) is 13.0 Å². The third-order valence-electron chi connectivity index (χ3n) is 4.78. The first kappa shape index (κ1) is 21.6. The van der Waals surface area contributed by atoms with E-state index in [2.05, 4.69) is 4.98 Å². The van der Waals surface area contributed by atoms with E-state index in [9.17, 15) is 12.8 Å². The van der Waals surface area contributed by atoms with Crippen molar-refractivity contribution in [2.45, 2.75) is 18.7 Å². The largest absolute Gasteiger partial charge is 0.457 e. The Hall–Kier alpha value is -2.61. The summed E-state index contributed by atoms with van der Waals surface area (Å²) < 4.78 is 45.9. The predicted octanol–water partition coefficient (Wildman–Crippen LogP) is 6.37. The van der Waals surface area contributed by atoms with E-state index < -0.39 is 15.7 Å². The van der Waals surface area contributed by atoms with Gasteiger partial charge < -0.3 is 4.74 Å². The third kappa shape index (κ3) is 4.13. The summed E-state index contributed by atoms with van der Waals surface area (Å²) in [4.78, 5) is 4.38. The van der Waals surface area contributed by atoms with E-state index in [-0.39, 0.29) is 16.4 Å². The number of aryl methyl sites for hydroxylation is 1. The lowest BCUT2D eigenvalue weighted by atomic mass is 10.2. The molecule has 0 saturated heterocycles. The van der Waals surface area contributed by atoms with Gasteiger partial charge in [-0.3, -0.25) is 4.57 Å². The molecule has 5 nitrogen and oxygen atoms in total. The Morgan fingerprint density at radius 2 is 1.81 bits per heavy atom. The van der Waals surface area contributed by atoms with E-state index in [0.29, 0.717) is 32.8 Å². The molecule has 0 N–H and O–H groups in total. The van der Waals surface area contributed by atoms with Crippen molar-refractivity contribution in [3.05, 3.63) is 76.3 Å². The molecule has 1 heterocycles. The summed E-state index contributed by atoms with van der Waals surface area (Å²) in [5, 5.41) is 0.968. The maximum absolute atomic E-state index is 14.0. The van der Waals surface area contributed by atoms with Gasteiger partial charge in [0.25, 0.3) is 0 Å². The number of aromatic nitrogens is 2. The zero-order valence-electron chi connectivity index (χ0n) is 16.6. The summed E-state index contributed by atoms with van der Waals surface area (Å²) >= 11 is 12.7. The molecule has 0 spiro atoms. The van der Waals surface area contributed by atoms with Crippen molar-refractivity contribution in [3.63, 3.8) is 0 Å². The monoisotopic (exact) mass is 478 g/mol. The number of ether oxygens (including phenoxy) is 1. The lowest BCUT2D eigenvalue weighted by Crippen LogP contribution is -2.04.